The molecule has 0 aliphatic heterocycles. The summed E-state index contributed by atoms with van der Waals surface area (Å²) in [7, 11) is -2.16. The number of hydrogen-bond acceptors (Lipinski definition) is 7. The van der Waals surface area contributed by atoms with Crippen LogP contribution in [0.25, 0.3) is 0 Å². The molecule has 26 heavy (non-hydrogen) atoms. The highest BCUT2D eigenvalue weighted by Gasteiger charge is 2.26. The monoisotopic (exact) mass is 382 g/mol. The summed E-state index contributed by atoms with van der Waals surface area (Å²) < 4.78 is 36.1. The van der Waals surface area contributed by atoms with Gasteiger partial charge in [-0.15, -0.1) is 0 Å². The minimum Gasteiger partial charge on any atom is -0.493 e. The van der Waals surface area contributed by atoms with Gasteiger partial charge < -0.3 is 14.6 Å². The SMILES string of the molecule is CCn1ncc(C(=O)c2ccc(S(C)(=O)=O)c(OC(C)OC)c2C)c1O. The van der Waals surface area contributed by atoms with E-state index in [4.69, 9.17) is 9.47 Å². The molecule has 0 spiro atoms. The fraction of sp³-hybridized carbons (Fsp3) is 0.412. The van der Waals surface area contributed by atoms with Crippen LogP contribution in [-0.4, -0.2) is 48.7 Å². The van der Waals surface area contributed by atoms with Crippen molar-refractivity contribution in [3.8, 4) is 11.6 Å². The zero-order valence-electron chi connectivity index (χ0n) is 15.3. The summed E-state index contributed by atoms with van der Waals surface area (Å²) in [5.41, 5.74) is 0.583. The fourth-order valence-corrected chi connectivity index (χ4v) is 3.33. The highest BCUT2D eigenvalue weighted by atomic mass is 32.2. The van der Waals surface area contributed by atoms with Crippen LogP contribution in [0.1, 0.15) is 35.3 Å². The number of ether oxygens (including phenoxy) is 2. The molecule has 1 heterocycles. The number of methoxy groups -OCH3 is 1. The topological polar surface area (TPSA) is 108 Å². The number of ketones is 1. The highest BCUT2D eigenvalue weighted by molar-refractivity contribution is 7.90. The van der Waals surface area contributed by atoms with Crippen molar-refractivity contribution in [1.82, 2.24) is 9.78 Å². The van der Waals surface area contributed by atoms with E-state index in [9.17, 15) is 18.3 Å². The second-order valence-electron chi connectivity index (χ2n) is 5.79. The predicted octanol–water partition coefficient (Wildman–Crippen LogP) is 1.92. The molecule has 0 fully saturated rings. The first kappa shape index (κ1) is 19.9. The van der Waals surface area contributed by atoms with E-state index in [1.165, 1.54) is 30.1 Å². The van der Waals surface area contributed by atoms with Crippen molar-refractivity contribution in [2.75, 3.05) is 13.4 Å². The third kappa shape index (κ3) is 3.73. The summed E-state index contributed by atoms with van der Waals surface area (Å²) in [5.74, 6) is -0.665. The van der Waals surface area contributed by atoms with E-state index in [0.717, 1.165) is 6.26 Å². The van der Waals surface area contributed by atoms with Crippen LogP contribution >= 0.6 is 0 Å². The average Bonchev–Trinajstić information content (AvgIpc) is 2.95. The van der Waals surface area contributed by atoms with E-state index < -0.39 is 21.9 Å². The Labute approximate surface area is 152 Å². The van der Waals surface area contributed by atoms with Gasteiger partial charge in [-0.2, -0.15) is 5.10 Å². The van der Waals surface area contributed by atoms with Gasteiger partial charge in [0.1, 0.15) is 16.2 Å². The van der Waals surface area contributed by atoms with Gasteiger partial charge in [-0.3, -0.25) is 4.79 Å². The lowest BCUT2D eigenvalue weighted by molar-refractivity contribution is -0.0404. The van der Waals surface area contributed by atoms with Gasteiger partial charge in [-0.05, 0) is 32.9 Å². The maximum Gasteiger partial charge on any atom is 0.220 e. The highest BCUT2D eigenvalue weighted by Crippen LogP contribution is 2.33. The summed E-state index contributed by atoms with van der Waals surface area (Å²) in [4.78, 5) is 12.8. The van der Waals surface area contributed by atoms with Crippen molar-refractivity contribution in [1.29, 1.82) is 0 Å². The number of sulfone groups is 1. The van der Waals surface area contributed by atoms with Gasteiger partial charge in [-0.1, -0.05) is 0 Å². The summed E-state index contributed by atoms with van der Waals surface area (Å²) in [6.07, 6.45) is 1.63. The Kier molecular flexibility index (Phi) is 5.72. The molecule has 8 nitrogen and oxygen atoms in total. The van der Waals surface area contributed by atoms with Gasteiger partial charge in [0.2, 0.25) is 5.88 Å². The minimum absolute atomic E-state index is 0.0350. The molecule has 1 aromatic carbocycles. The molecule has 9 heteroatoms. The molecule has 0 aliphatic rings. The molecule has 0 aliphatic carbocycles. The van der Waals surface area contributed by atoms with Gasteiger partial charge in [0.15, 0.2) is 21.9 Å². The maximum absolute atomic E-state index is 12.8. The first-order chi connectivity index (χ1) is 12.1. The van der Waals surface area contributed by atoms with Crippen LogP contribution in [-0.2, 0) is 21.1 Å². The van der Waals surface area contributed by atoms with Crippen molar-refractivity contribution < 1.29 is 27.8 Å². The molecule has 0 radical (unpaired) electrons. The standard InChI is InChI=1S/C17H22N2O6S/c1-6-19-17(21)13(9-18-19)15(20)12-7-8-14(26(5,22)23)16(10(12)2)25-11(3)24-4/h7-9,11,21H,6H2,1-5H3. The fourth-order valence-electron chi connectivity index (χ4n) is 2.48. The van der Waals surface area contributed by atoms with Gasteiger partial charge in [-0.25, -0.2) is 13.1 Å². The molecular weight excluding hydrogens is 360 g/mol. The lowest BCUT2D eigenvalue weighted by atomic mass is 10.00. The Morgan fingerprint density at radius 1 is 1.35 bits per heavy atom. The molecular formula is C17H22N2O6S. The van der Waals surface area contributed by atoms with Crippen molar-refractivity contribution in [2.45, 2.75) is 38.5 Å². The van der Waals surface area contributed by atoms with Gasteiger partial charge in [0.05, 0.1) is 6.20 Å². The zero-order valence-corrected chi connectivity index (χ0v) is 16.1. The van der Waals surface area contributed by atoms with Crippen LogP contribution in [0.5, 0.6) is 11.6 Å². The Morgan fingerprint density at radius 2 is 2.00 bits per heavy atom. The zero-order chi connectivity index (χ0) is 19.6. The normalized spacial score (nSPS) is 12.8. The number of nitrogens with zero attached hydrogens (tertiary/aromatic N) is 2. The van der Waals surface area contributed by atoms with Crippen molar-refractivity contribution in [3.63, 3.8) is 0 Å². The van der Waals surface area contributed by atoms with Crippen LogP contribution in [0.3, 0.4) is 0 Å². The predicted molar refractivity (Wildman–Crippen MR) is 94.4 cm³/mol. The molecule has 0 amide bonds. The van der Waals surface area contributed by atoms with Gasteiger partial charge in [0, 0.05) is 31.0 Å². The summed E-state index contributed by atoms with van der Waals surface area (Å²) in [6.45, 7) is 5.38. The van der Waals surface area contributed by atoms with E-state index in [1.807, 2.05) is 0 Å². The number of aromatic nitrogens is 2. The lowest BCUT2D eigenvalue weighted by Gasteiger charge is -2.19. The third-order valence-corrected chi connectivity index (χ3v) is 5.11. The largest absolute Gasteiger partial charge is 0.493 e. The lowest BCUT2D eigenvalue weighted by Crippen LogP contribution is -2.18. The average molecular weight is 382 g/mol. The van der Waals surface area contributed by atoms with Gasteiger partial charge >= 0.3 is 0 Å². The number of hydrogen-bond donors (Lipinski definition) is 1. The number of carbonyl (C=O) groups is 1. The third-order valence-electron chi connectivity index (χ3n) is 3.99. The first-order valence-electron chi connectivity index (χ1n) is 7.94. The number of carbonyl (C=O) groups excluding carboxylic acids is 1. The Morgan fingerprint density at radius 3 is 2.50 bits per heavy atom. The minimum atomic E-state index is -3.58. The van der Waals surface area contributed by atoms with Gasteiger partial charge in [0.25, 0.3) is 0 Å². The van der Waals surface area contributed by atoms with Crippen LogP contribution in [0.15, 0.2) is 23.2 Å². The van der Waals surface area contributed by atoms with Crippen LogP contribution < -0.4 is 4.74 Å². The number of aryl methyl sites for hydroxylation is 1. The summed E-state index contributed by atoms with van der Waals surface area (Å²) in [5, 5.41) is 14.1. The molecule has 1 atom stereocenters. The van der Waals surface area contributed by atoms with Crippen LogP contribution in [0, 0.1) is 6.92 Å². The van der Waals surface area contributed by atoms with E-state index in [1.54, 1.807) is 20.8 Å². The second-order valence-corrected chi connectivity index (χ2v) is 7.77. The number of benzene rings is 1. The Bertz CT molecular complexity index is 933. The molecule has 1 aromatic heterocycles. The quantitative estimate of drug-likeness (QED) is 0.576. The van der Waals surface area contributed by atoms with Crippen molar-refractivity contribution in [3.05, 3.63) is 35.0 Å². The van der Waals surface area contributed by atoms with Crippen molar-refractivity contribution >= 4 is 15.6 Å². The molecule has 0 saturated carbocycles. The molecule has 142 valence electrons. The Balaban J connectivity index is 2.61. The molecule has 0 bridgehead atoms. The van der Waals surface area contributed by atoms with E-state index in [2.05, 4.69) is 5.10 Å². The number of aromatic hydroxyl groups is 1. The molecule has 1 unspecified atom stereocenters. The molecule has 2 rings (SSSR count). The summed E-state index contributed by atoms with van der Waals surface area (Å²) in [6, 6.07) is 2.72. The number of rotatable bonds is 7. The second kappa shape index (κ2) is 7.46. The Hall–Kier alpha value is -2.39. The van der Waals surface area contributed by atoms with E-state index >= 15 is 0 Å². The molecule has 0 saturated heterocycles. The molecule has 2 aromatic rings. The van der Waals surface area contributed by atoms with Crippen LogP contribution in [0.2, 0.25) is 0 Å². The molecule has 1 N–H and O–H groups in total. The van der Waals surface area contributed by atoms with Crippen molar-refractivity contribution in [2.24, 2.45) is 0 Å². The first-order valence-corrected chi connectivity index (χ1v) is 9.83. The summed E-state index contributed by atoms with van der Waals surface area (Å²) >= 11 is 0. The smallest absolute Gasteiger partial charge is 0.220 e. The van der Waals surface area contributed by atoms with E-state index in [-0.39, 0.29) is 27.7 Å². The van der Waals surface area contributed by atoms with Crippen LogP contribution in [0.4, 0.5) is 0 Å². The maximum atomic E-state index is 12.8. The van der Waals surface area contributed by atoms with E-state index in [0.29, 0.717) is 12.1 Å².